The predicted octanol–water partition coefficient (Wildman–Crippen LogP) is 2.66. The Kier molecular flexibility index (Phi) is 4.64. The molecule has 0 unspecified atom stereocenters. The van der Waals surface area contributed by atoms with Crippen molar-refractivity contribution in [2.75, 3.05) is 0 Å². The fraction of sp³-hybridized carbons (Fsp3) is 0.0833. The molecule has 2 rings (SSSR count). The number of aryl methyl sites for hydroxylation is 1. The largest absolute Gasteiger partial charge is 0.340 e. The molecule has 2 N–H and O–H groups in total. The SMILES string of the molecule is Cc1cc([N+](=O)[O-])ccc1S(=O)(=O)NC(=O)c1cc(Cl)c(Cl)[nH]1. The number of carbonyl (C=O) groups excluding carboxylic acids is 1. The summed E-state index contributed by atoms with van der Waals surface area (Å²) in [7, 11) is -4.21. The molecular weight excluding hydrogens is 369 g/mol. The highest BCUT2D eigenvalue weighted by molar-refractivity contribution is 7.90. The number of amides is 1. The summed E-state index contributed by atoms with van der Waals surface area (Å²) < 4.78 is 26.3. The Balaban J connectivity index is 2.32. The van der Waals surface area contributed by atoms with E-state index in [1.165, 1.54) is 13.0 Å². The maximum absolute atomic E-state index is 12.2. The number of nitro groups is 1. The summed E-state index contributed by atoms with van der Waals surface area (Å²) in [5.74, 6) is -0.962. The molecule has 23 heavy (non-hydrogen) atoms. The number of hydrogen-bond acceptors (Lipinski definition) is 5. The third kappa shape index (κ3) is 3.63. The quantitative estimate of drug-likeness (QED) is 0.626. The van der Waals surface area contributed by atoms with Gasteiger partial charge in [-0.2, -0.15) is 0 Å². The maximum Gasteiger partial charge on any atom is 0.281 e. The number of non-ortho nitro benzene ring substituents is 1. The Hall–Kier alpha value is -2.10. The Bertz CT molecular complexity index is 888. The van der Waals surface area contributed by atoms with E-state index >= 15 is 0 Å². The smallest absolute Gasteiger partial charge is 0.281 e. The zero-order chi connectivity index (χ0) is 17.4. The van der Waals surface area contributed by atoms with E-state index in [-0.39, 0.29) is 32.0 Å². The lowest BCUT2D eigenvalue weighted by molar-refractivity contribution is -0.385. The molecule has 0 radical (unpaired) electrons. The molecular formula is C12H9Cl2N3O5S. The molecule has 122 valence electrons. The summed E-state index contributed by atoms with van der Waals surface area (Å²) in [4.78, 5) is 24.1. The summed E-state index contributed by atoms with van der Waals surface area (Å²) >= 11 is 11.3. The summed E-state index contributed by atoms with van der Waals surface area (Å²) in [5, 5.41) is 10.7. The molecule has 1 heterocycles. The van der Waals surface area contributed by atoms with E-state index in [1.807, 2.05) is 4.72 Å². The minimum absolute atomic E-state index is 0.000677. The molecule has 0 fully saturated rings. The molecule has 0 saturated carbocycles. The third-order valence-corrected chi connectivity index (χ3v) is 5.04. The molecule has 0 aliphatic carbocycles. The predicted molar refractivity (Wildman–Crippen MR) is 83.3 cm³/mol. The van der Waals surface area contributed by atoms with E-state index in [0.717, 1.165) is 18.2 Å². The molecule has 0 spiro atoms. The normalized spacial score (nSPS) is 11.3. The maximum atomic E-state index is 12.2. The Labute approximate surface area is 140 Å². The van der Waals surface area contributed by atoms with Crippen molar-refractivity contribution < 1.29 is 18.1 Å². The average molecular weight is 378 g/mol. The molecule has 8 nitrogen and oxygen atoms in total. The first-order chi connectivity index (χ1) is 10.6. The van der Waals surface area contributed by atoms with Gasteiger partial charge >= 0.3 is 0 Å². The van der Waals surface area contributed by atoms with Gasteiger partial charge in [0.2, 0.25) is 0 Å². The van der Waals surface area contributed by atoms with E-state index < -0.39 is 20.9 Å². The van der Waals surface area contributed by atoms with E-state index in [0.29, 0.717) is 0 Å². The van der Waals surface area contributed by atoms with Gasteiger partial charge in [0, 0.05) is 12.1 Å². The van der Waals surface area contributed by atoms with Crippen LogP contribution in [-0.2, 0) is 10.0 Å². The molecule has 0 aliphatic heterocycles. The van der Waals surface area contributed by atoms with E-state index in [2.05, 4.69) is 4.98 Å². The first kappa shape index (κ1) is 17.3. The number of nitro benzene ring substituents is 1. The van der Waals surface area contributed by atoms with Crippen LogP contribution < -0.4 is 4.72 Å². The van der Waals surface area contributed by atoms with Crippen molar-refractivity contribution in [1.82, 2.24) is 9.71 Å². The average Bonchev–Trinajstić information content (AvgIpc) is 2.78. The van der Waals surface area contributed by atoms with Gasteiger partial charge in [-0.25, -0.2) is 13.1 Å². The Morgan fingerprint density at radius 3 is 2.43 bits per heavy atom. The second-order valence-electron chi connectivity index (χ2n) is 4.49. The molecule has 1 aromatic carbocycles. The van der Waals surface area contributed by atoms with Crippen molar-refractivity contribution in [2.45, 2.75) is 11.8 Å². The lowest BCUT2D eigenvalue weighted by Crippen LogP contribution is -2.31. The van der Waals surface area contributed by atoms with Gasteiger partial charge in [-0.1, -0.05) is 23.2 Å². The van der Waals surface area contributed by atoms with Gasteiger partial charge in [0.15, 0.2) is 0 Å². The Morgan fingerprint density at radius 2 is 1.96 bits per heavy atom. The summed E-state index contributed by atoms with van der Waals surface area (Å²) in [6, 6.07) is 4.37. The number of carbonyl (C=O) groups is 1. The number of benzene rings is 1. The molecule has 1 aromatic heterocycles. The second-order valence-corrected chi connectivity index (χ2v) is 6.92. The summed E-state index contributed by atoms with van der Waals surface area (Å²) in [6.07, 6.45) is 0. The standard InChI is InChI=1S/C12H9Cl2N3O5S/c1-6-4-7(17(19)20)2-3-10(6)23(21,22)16-12(18)9-5-8(13)11(14)15-9/h2-5,15H,1H3,(H,16,18). The van der Waals surface area contributed by atoms with Crippen LogP contribution in [0.15, 0.2) is 29.2 Å². The number of aromatic nitrogens is 1. The third-order valence-electron chi connectivity index (χ3n) is 2.86. The molecule has 11 heteroatoms. The minimum atomic E-state index is -4.21. The number of halogens is 2. The minimum Gasteiger partial charge on any atom is -0.340 e. The first-order valence-corrected chi connectivity index (χ1v) is 8.22. The Morgan fingerprint density at radius 1 is 1.30 bits per heavy atom. The molecule has 1 amide bonds. The van der Waals surface area contributed by atoms with Crippen molar-refractivity contribution in [2.24, 2.45) is 0 Å². The van der Waals surface area contributed by atoms with Crippen LogP contribution in [-0.4, -0.2) is 24.2 Å². The van der Waals surface area contributed by atoms with Crippen LogP contribution in [0.4, 0.5) is 5.69 Å². The first-order valence-electron chi connectivity index (χ1n) is 5.98. The number of sulfonamides is 1. The number of rotatable bonds is 4. The molecule has 0 bridgehead atoms. The lowest BCUT2D eigenvalue weighted by Gasteiger charge is -2.08. The van der Waals surface area contributed by atoms with Crippen LogP contribution in [0.25, 0.3) is 0 Å². The van der Waals surface area contributed by atoms with E-state index in [4.69, 9.17) is 23.2 Å². The lowest BCUT2D eigenvalue weighted by atomic mass is 10.2. The highest BCUT2D eigenvalue weighted by atomic mass is 35.5. The zero-order valence-corrected chi connectivity index (χ0v) is 13.8. The number of nitrogens with one attached hydrogen (secondary N) is 2. The van der Waals surface area contributed by atoms with Crippen molar-refractivity contribution in [3.05, 3.63) is 55.8 Å². The van der Waals surface area contributed by atoms with Crippen molar-refractivity contribution in [3.63, 3.8) is 0 Å². The van der Waals surface area contributed by atoms with Crippen molar-refractivity contribution >= 4 is 44.8 Å². The van der Waals surface area contributed by atoms with Gasteiger partial charge in [0.1, 0.15) is 10.8 Å². The van der Waals surface area contributed by atoms with E-state index in [9.17, 15) is 23.3 Å². The molecule has 0 aliphatic rings. The van der Waals surface area contributed by atoms with Crippen LogP contribution in [0.3, 0.4) is 0 Å². The van der Waals surface area contributed by atoms with Gasteiger partial charge in [-0.15, -0.1) is 0 Å². The number of H-pyrrole nitrogens is 1. The van der Waals surface area contributed by atoms with Gasteiger partial charge < -0.3 is 4.98 Å². The van der Waals surface area contributed by atoms with Crippen molar-refractivity contribution in [1.29, 1.82) is 0 Å². The van der Waals surface area contributed by atoms with Gasteiger partial charge in [-0.3, -0.25) is 14.9 Å². The topological polar surface area (TPSA) is 122 Å². The van der Waals surface area contributed by atoms with Crippen LogP contribution in [0.2, 0.25) is 10.2 Å². The number of hydrogen-bond donors (Lipinski definition) is 2. The summed E-state index contributed by atoms with van der Waals surface area (Å²) in [5.41, 5.74) is -0.263. The van der Waals surface area contributed by atoms with Crippen molar-refractivity contribution in [3.8, 4) is 0 Å². The van der Waals surface area contributed by atoms with Gasteiger partial charge in [0.05, 0.1) is 14.8 Å². The highest BCUT2D eigenvalue weighted by Crippen LogP contribution is 2.23. The molecule has 0 saturated heterocycles. The summed E-state index contributed by atoms with van der Waals surface area (Å²) in [6.45, 7) is 1.38. The number of aromatic amines is 1. The van der Waals surface area contributed by atoms with Gasteiger partial charge in [-0.05, 0) is 24.6 Å². The van der Waals surface area contributed by atoms with Crippen LogP contribution >= 0.6 is 23.2 Å². The number of nitrogens with zero attached hydrogens (tertiary/aromatic N) is 1. The monoisotopic (exact) mass is 377 g/mol. The van der Waals surface area contributed by atoms with Gasteiger partial charge in [0.25, 0.3) is 21.6 Å². The van der Waals surface area contributed by atoms with Crippen LogP contribution in [0.1, 0.15) is 16.1 Å². The van der Waals surface area contributed by atoms with Crippen LogP contribution in [0.5, 0.6) is 0 Å². The van der Waals surface area contributed by atoms with Crippen LogP contribution in [0, 0.1) is 17.0 Å². The zero-order valence-electron chi connectivity index (χ0n) is 11.5. The fourth-order valence-electron chi connectivity index (χ4n) is 1.81. The highest BCUT2D eigenvalue weighted by Gasteiger charge is 2.23. The molecule has 0 atom stereocenters. The molecule has 2 aromatic rings. The van der Waals surface area contributed by atoms with E-state index in [1.54, 1.807) is 0 Å². The fourth-order valence-corrected chi connectivity index (χ4v) is 3.31. The second kappa shape index (κ2) is 6.19.